The van der Waals surface area contributed by atoms with Crippen LogP contribution in [0.4, 0.5) is 0 Å². The van der Waals surface area contributed by atoms with E-state index in [1.54, 1.807) is 24.3 Å². The van der Waals surface area contributed by atoms with Crippen molar-refractivity contribution in [1.29, 1.82) is 0 Å². The van der Waals surface area contributed by atoms with Crippen LogP contribution < -0.4 is 0 Å². The Bertz CT molecular complexity index is 604. The van der Waals surface area contributed by atoms with Crippen LogP contribution in [0.5, 0.6) is 11.5 Å². The lowest BCUT2D eigenvalue weighted by molar-refractivity contribution is 0.111. The number of carbonyl (C=O) groups is 2. The van der Waals surface area contributed by atoms with Crippen molar-refractivity contribution in [2.75, 3.05) is 0 Å². The molecule has 2 aromatic carbocycles. The molecular formula is C16H14O4. The van der Waals surface area contributed by atoms with Crippen LogP contribution >= 0.6 is 0 Å². The summed E-state index contributed by atoms with van der Waals surface area (Å²) in [4.78, 5) is 21.7. The molecule has 0 spiro atoms. The topological polar surface area (TPSA) is 74.6 Å². The number of benzene rings is 2. The Balaban J connectivity index is 2.42. The molecule has 0 radical (unpaired) electrons. The summed E-state index contributed by atoms with van der Waals surface area (Å²) < 4.78 is 0. The third kappa shape index (κ3) is 2.54. The average molecular weight is 270 g/mol. The second-order valence-corrected chi connectivity index (χ2v) is 4.59. The number of rotatable bonds is 4. The zero-order chi connectivity index (χ0) is 14.7. The van der Waals surface area contributed by atoms with Crippen LogP contribution in [0.25, 0.3) is 0 Å². The molecule has 4 heteroatoms. The van der Waals surface area contributed by atoms with Gasteiger partial charge in [-0.15, -0.1) is 0 Å². The lowest BCUT2D eigenvalue weighted by Crippen LogP contribution is -1.98. The van der Waals surface area contributed by atoms with E-state index in [1.165, 1.54) is 12.1 Å². The van der Waals surface area contributed by atoms with Crippen molar-refractivity contribution in [1.82, 2.24) is 0 Å². The number of aromatic hydroxyl groups is 2. The number of phenols is 2. The summed E-state index contributed by atoms with van der Waals surface area (Å²) in [6, 6.07) is 9.61. The van der Waals surface area contributed by atoms with Crippen molar-refractivity contribution in [2.24, 2.45) is 0 Å². The Labute approximate surface area is 116 Å². The van der Waals surface area contributed by atoms with Gasteiger partial charge in [-0.1, -0.05) is 19.1 Å². The summed E-state index contributed by atoms with van der Waals surface area (Å²) in [6.45, 7) is 1.92. The molecule has 0 amide bonds. The van der Waals surface area contributed by atoms with E-state index < -0.39 is 0 Å². The highest BCUT2D eigenvalue weighted by Gasteiger charge is 2.12. The number of phenolic OH excluding ortho intramolecular Hbond substituents is 2. The Morgan fingerprint density at radius 1 is 0.850 bits per heavy atom. The molecule has 4 nitrogen and oxygen atoms in total. The van der Waals surface area contributed by atoms with E-state index in [1.807, 2.05) is 6.92 Å². The predicted molar refractivity (Wildman–Crippen MR) is 74.5 cm³/mol. The second kappa shape index (κ2) is 5.57. The molecule has 0 aliphatic rings. The van der Waals surface area contributed by atoms with Crippen LogP contribution in [0.15, 0.2) is 36.4 Å². The van der Waals surface area contributed by atoms with Crippen LogP contribution in [0.1, 0.15) is 44.7 Å². The van der Waals surface area contributed by atoms with Crippen molar-refractivity contribution in [3.8, 4) is 11.5 Å². The minimum Gasteiger partial charge on any atom is -0.507 e. The fourth-order valence-electron chi connectivity index (χ4n) is 2.07. The van der Waals surface area contributed by atoms with Gasteiger partial charge in [0.15, 0.2) is 12.6 Å². The van der Waals surface area contributed by atoms with Gasteiger partial charge in [-0.2, -0.15) is 0 Å². The van der Waals surface area contributed by atoms with Crippen LogP contribution in [0.3, 0.4) is 0 Å². The quantitative estimate of drug-likeness (QED) is 0.838. The normalized spacial score (nSPS) is 10.5. The summed E-state index contributed by atoms with van der Waals surface area (Å²) in [5.41, 5.74) is 2.13. The Kier molecular flexibility index (Phi) is 3.84. The SMILES string of the molecule is CC(c1ccc(O)c(C=O)c1)c1ccc(O)c(C=O)c1. The summed E-state index contributed by atoms with van der Waals surface area (Å²) in [5, 5.41) is 19.0. The summed E-state index contributed by atoms with van der Waals surface area (Å²) in [6.07, 6.45) is 1.19. The molecule has 20 heavy (non-hydrogen) atoms. The van der Waals surface area contributed by atoms with Gasteiger partial charge in [0, 0.05) is 5.92 Å². The molecule has 0 aliphatic heterocycles. The van der Waals surface area contributed by atoms with E-state index in [0.29, 0.717) is 12.6 Å². The van der Waals surface area contributed by atoms with E-state index in [4.69, 9.17) is 0 Å². The van der Waals surface area contributed by atoms with Gasteiger partial charge >= 0.3 is 0 Å². The van der Waals surface area contributed by atoms with Gasteiger partial charge in [-0.05, 0) is 35.4 Å². The fraction of sp³-hybridized carbons (Fsp3) is 0.125. The molecule has 0 aromatic heterocycles. The first-order valence-corrected chi connectivity index (χ1v) is 6.13. The molecule has 2 aromatic rings. The first-order valence-electron chi connectivity index (χ1n) is 6.13. The van der Waals surface area contributed by atoms with Crippen molar-refractivity contribution in [2.45, 2.75) is 12.8 Å². The molecule has 0 bridgehead atoms. The highest BCUT2D eigenvalue weighted by Crippen LogP contribution is 2.29. The van der Waals surface area contributed by atoms with Crippen LogP contribution in [0.2, 0.25) is 0 Å². The molecule has 0 unspecified atom stereocenters. The number of hydrogen-bond acceptors (Lipinski definition) is 4. The third-order valence-electron chi connectivity index (χ3n) is 3.36. The highest BCUT2D eigenvalue weighted by molar-refractivity contribution is 5.80. The lowest BCUT2D eigenvalue weighted by atomic mass is 9.91. The number of carbonyl (C=O) groups excluding carboxylic acids is 2. The molecule has 0 atom stereocenters. The molecule has 0 fully saturated rings. The minimum absolute atomic E-state index is 0.0600. The van der Waals surface area contributed by atoms with Crippen molar-refractivity contribution in [3.63, 3.8) is 0 Å². The van der Waals surface area contributed by atoms with Gasteiger partial charge in [-0.3, -0.25) is 9.59 Å². The van der Waals surface area contributed by atoms with Crippen LogP contribution in [-0.4, -0.2) is 22.8 Å². The zero-order valence-corrected chi connectivity index (χ0v) is 10.9. The van der Waals surface area contributed by atoms with E-state index in [9.17, 15) is 19.8 Å². The highest BCUT2D eigenvalue weighted by atomic mass is 16.3. The molecule has 102 valence electrons. The van der Waals surface area contributed by atoms with E-state index in [2.05, 4.69) is 0 Å². The van der Waals surface area contributed by atoms with E-state index in [0.717, 1.165) is 11.1 Å². The smallest absolute Gasteiger partial charge is 0.153 e. The Morgan fingerprint density at radius 2 is 1.25 bits per heavy atom. The fourth-order valence-corrected chi connectivity index (χ4v) is 2.07. The third-order valence-corrected chi connectivity index (χ3v) is 3.36. The zero-order valence-electron chi connectivity index (χ0n) is 10.9. The Hall–Kier alpha value is -2.62. The van der Waals surface area contributed by atoms with Crippen LogP contribution in [0, 0.1) is 0 Å². The predicted octanol–water partition coefficient (Wildman–Crippen LogP) is 2.87. The Morgan fingerprint density at radius 3 is 1.60 bits per heavy atom. The summed E-state index contributed by atoms with van der Waals surface area (Å²) in [5.74, 6) is -0.195. The van der Waals surface area contributed by atoms with Gasteiger partial charge in [0.2, 0.25) is 0 Å². The molecule has 0 heterocycles. The van der Waals surface area contributed by atoms with Crippen molar-refractivity contribution in [3.05, 3.63) is 58.7 Å². The van der Waals surface area contributed by atoms with Crippen molar-refractivity contribution >= 4 is 12.6 Å². The molecule has 0 aliphatic carbocycles. The van der Waals surface area contributed by atoms with Gasteiger partial charge in [-0.25, -0.2) is 0 Å². The average Bonchev–Trinajstić information content (AvgIpc) is 2.47. The maximum absolute atomic E-state index is 10.8. The largest absolute Gasteiger partial charge is 0.507 e. The first-order chi connectivity index (χ1) is 9.56. The molecule has 0 saturated carbocycles. The molecule has 2 rings (SSSR count). The monoisotopic (exact) mass is 270 g/mol. The van der Waals surface area contributed by atoms with Gasteiger partial charge < -0.3 is 10.2 Å². The van der Waals surface area contributed by atoms with E-state index >= 15 is 0 Å². The second-order valence-electron chi connectivity index (χ2n) is 4.59. The lowest BCUT2D eigenvalue weighted by Gasteiger charge is -2.14. The number of hydrogen-bond donors (Lipinski definition) is 2. The summed E-state index contributed by atoms with van der Waals surface area (Å²) >= 11 is 0. The molecule has 0 saturated heterocycles. The van der Waals surface area contributed by atoms with Gasteiger partial charge in [0.05, 0.1) is 11.1 Å². The van der Waals surface area contributed by atoms with Crippen molar-refractivity contribution < 1.29 is 19.8 Å². The maximum atomic E-state index is 10.8. The van der Waals surface area contributed by atoms with Gasteiger partial charge in [0.1, 0.15) is 11.5 Å². The number of aldehydes is 2. The molecule has 2 N–H and O–H groups in total. The van der Waals surface area contributed by atoms with Gasteiger partial charge in [0.25, 0.3) is 0 Å². The standard InChI is InChI=1S/C16H14O4/c1-10(11-2-4-15(19)13(6-11)8-17)12-3-5-16(20)14(7-12)9-18/h2-10,19-20H,1H3. The maximum Gasteiger partial charge on any atom is 0.153 e. The summed E-state index contributed by atoms with van der Waals surface area (Å²) in [7, 11) is 0. The van der Waals surface area contributed by atoms with E-state index in [-0.39, 0.29) is 28.5 Å². The first kappa shape index (κ1) is 13.8. The molecular weight excluding hydrogens is 256 g/mol. The minimum atomic E-state index is -0.0754. The van der Waals surface area contributed by atoms with Crippen LogP contribution in [-0.2, 0) is 0 Å².